The van der Waals surface area contributed by atoms with Gasteiger partial charge in [0.15, 0.2) is 5.92 Å². The minimum absolute atomic E-state index is 0.171. The van der Waals surface area contributed by atoms with Crippen LogP contribution in [0.2, 0.25) is 10.0 Å². The predicted molar refractivity (Wildman–Crippen MR) is 81.9 cm³/mol. The fourth-order valence-corrected chi connectivity index (χ4v) is 2.20. The van der Waals surface area contributed by atoms with E-state index in [1.807, 2.05) is 0 Å². The summed E-state index contributed by atoms with van der Waals surface area (Å²) >= 11 is 11.8. The molecule has 0 aliphatic heterocycles. The molecule has 0 saturated heterocycles. The maximum absolute atomic E-state index is 12.2. The van der Waals surface area contributed by atoms with Crippen LogP contribution in [-0.4, -0.2) is 17.0 Å². The largest absolute Gasteiger partial charge is 0.480 e. The maximum Gasteiger partial charge on any atom is 0.320 e. The first-order chi connectivity index (χ1) is 10.0. The lowest BCUT2D eigenvalue weighted by molar-refractivity contribution is -0.141. The van der Waals surface area contributed by atoms with Gasteiger partial charge in [0.05, 0.1) is 15.7 Å². The van der Waals surface area contributed by atoms with Gasteiger partial charge in [-0.05, 0) is 17.7 Å². The van der Waals surface area contributed by atoms with Crippen molar-refractivity contribution in [2.75, 3.05) is 5.32 Å². The monoisotopic (exact) mass is 323 g/mol. The Bertz CT molecular complexity index is 674. The molecular formula is C15H11Cl2NO3. The number of aliphatic carboxylic acids is 1. The van der Waals surface area contributed by atoms with Crippen LogP contribution in [0.4, 0.5) is 5.69 Å². The van der Waals surface area contributed by atoms with E-state index in [0.717, 1.165) is 0 Å². The summed E-state index contributed by atoms with van der Waals surface area (Å²) in [6.45, 7) is 0. The highest BCUT2D eigenvalue weighted by Crippen LogP contribution is 2.30. The Hall–Kier alpha value is -2.04. The lowest BCUT2D eigenvalue weighted by atomic mass is 9.98. The molecule has 108 valence electrons. The van der Waals surface area contributed by atoms with Crippen LogP contribution in [0.25, 0.3) is 0 Å². The Morgan fingerprint density at radius 1 is 1.00 bits per heavy atom. The number of hydrogen-bond acceptors (Lipinski definition) is 2. The van der Waals surface area contributed by atoms with E-state index in [1.54, 1.807) is 48.5 Å². The SMILES string of the molecule is O=C(O)C(C(=O)Nc1cccc(Cl)c1Cl)c1ccccc1. The molecular weight excluding hydrogens is 313 g/mol. The Balaban J connectivity index is 2.28. The molecule has 1 unspecified atom stereocenters. The summed E-state index contributed by atoms with van der Waals surface area (Å²) in [5.74, 6) is -3.24. The highest BCUT2D eigenvalue weighted by atomic mass is 35.5. The minimum atomic E-state index is -1.32. The molecule has 0 aliphatic carbocycles. The third kappa shape index (κ3) is 3.54. The van der Waals surface area contributed by atoms with Gasteiger partial charge in [-0.25, -0.2) is 0 Å². The zero-order chi connectivity index (χ0) is 15.4. The van der Waals surface area contributed by atoms with E-state index < -0.39 is 17.8 Å². The third-order valence-corrected chi connectivity index (χ3v) is 3.67. The predicted octanol–water partition coefficient (Wildman–Crippen LogP) is 3.80. The average molecular weight is 324 g/mol. The number of anilines is 1. The van der Waals surface area contributed by atoms with Crippen molar-refractivity contribution in [3.8, 4) is 0 Å². The molecule has 0 radical (unpaired) electrons. The molecule has 1 amide bonds. The molecule has 6 heteroatoms. The molecule has 21 heavy (non-hydrogen) atoms. The number of carboxylic acids is 1. The summed E-state index contributed by atoms with van der Waals surface area (Å²) in [5.41, 5.74) is 0.664. The first-order valence-corrected chi connectivity index (χ1v) is 6.79. The van der Waals surface area contributed by atoms with Crippen LogP contribution in [0.1, 0.15) is 11.5 Å². The lowest BCUT2D eigenvalue weighted by Gasteiger charge is -2.14. The molecule has 0 heterocycles. The third-order valence-electron chi connectivity index (χ3n) is 2.85. The number of benzene rings is 2. The molecule has 0 fully saturated rings. The normalized spacial score (nSPS) is 11.7. The van der Waals surface area contributed by atoms with Crippen LogP contribution in [0.3, 0.4) is 0 Å². The second kappa shape index (κ2) is 6.61. The molecule has 0 aliphatic rings. The van der Waals surface area contributed by atoms with Crippen molar-refractivity contribution in [1.29, 1.82) is 0 Å². The fraction of sp³-hybridized carbons (Fsp3) is 0.0667. The first kappa shape index (κ1) is 15.4. The maximum atomic E-state index is 12.2. The van der Waals surface area contributed by atoms with E-state index in [9.17, 15) is 14.7 Å². The Morgan fingerprint density at radius 3 is 2.29 bits per heavy atom. The van der Waals surface area contributed by atoms with Crippen molar-refractivity contribution in [2.24, 2.45) is 0 Å². The molecule has 4 nitrogen and oxygen atoms in total. The summed E-state index contributed by atoms with van der Waals surface area (Å²) in [4.78, 5) is 23.6. The van der Waals surface area contributed by atoms with Crippen LogP contribution >= 0.6 is 23.2 Å². The Labute approximate surface area is 131 Å². The summed E-state index contributed by atoms with van der Waals surface area (Å²) in [6, 6.07) is 13.0. The minimum Gasteiger partial charge on any atom is -0.480 e. The van der Waals surface area contributed by atoms with Crippen molar-refractivity contribution < 1.29 is 14.7 Å². The van der Waals surface area contributed by atoms with Gasteiger partial charge in [-0.2, -0.15) is 0 Å². The number of carboxylic acid groups (broad SMARTS) is 1. The molecule has 1 atom stereocenters. The van der Waals surface area contributed by atoms with E-state index in [1.165, 1.54) is 0 Å². The Kier molecular flexibility index (Phi) is 4.83. The van der Waals surface area contributed by atoms with E-state index in [4.69, 9.17) is 23.2 Å². The van der Waals surface area contributed by atoms with Crippen molar-refractivity contribution in [3.63, 3.8) is 0 Å². The standard InChI is InChI=1S/C15H11Cl2NO3/c16-10-7-4-8-11(13(10)17)18-14(19)12(15(20)21)9-5-2-1-3-6-9/h1-8,12H,(H,18,19)(H,20,21). The molecule has 2 rings (SSSR count). The fourth-order valence-electron chi connectivity index (χ4n) is 1.86. The zero-order valence-corrected chi connectivity index (χ0v) is 12.2. The molecule has 0 aromatic heterocycles. The number of carbonyl (C=O) groups is 2. The van der Waals surface area contributed by atoms with Gasteiger partial charge >= 0.3 is 5.97 Å². The highest BCUT2D eigenvalue weighted by Gasteiger charge is 2.28. The molecule has 0 spiro atoms. The summed E-state index contributed by atoms with van der Waals surface area (Å²) in [5, 5.41) is 12.2. The van der Waals surface area contributed by atoms with Crippen LogP contribution < -0.4 is 5.32 Å². The number of halogens is 2. The van der Waals surface area contributed by atoms with E-state index in [2.05, 4.69) is 5.32 Å². The van der Waals surface area contributed by atoms with Crippen LogP contribution in [0.15, 0.2) is 48.5 Å². The average Bonchev–Trinajstić information content (AvgIpc) is 2.45. The van der Waals surface area contributed by atoms with Gasteiger partial charge in [0.2, 0.25) is 5.91 Å². The summed E-state index contributed by atoms with van der Waals surface area (Å²) < 4.78 is 0. The number of nitrogens with one attached hydrogen (secondary N) is 1. The van der Waals surface area contributed by atoms with Gasteiger partial charge in [-0.1, -0.05) is 59.6 Å². The highest BCUT2D eigenvalue weighted by molar-refractivity contribution is 6.44. The van der Waals surface area contributed by atoms with Crippen molar-refractivity contribution in [2.45, 2.75) is 5.92 Å². The molecule has 2 aromatic carbocycles. The number of rotatable bonds is 4. The topological polar surface area (TPSA) is 66.4 Å². The molecule has 2 aromatic rings. The molecule has 0 saturated carbocycles. The quantitative estimate of drug-likeness (QED) is 0.841. The van der Waals surface area contributed by atoms with Gasteiger partial charge in [0.25, 0.3) is 0 Å². The summed E-state index contributed by atoms with van der Waals surface area (Å²) in [6.07, 6.45) is 0. The van der Waals surface area contributed by atoms with Crippen LogP contribution in [-0.2, 0) is 9.59 Å². The number of hydrogen-bond donors (Lipinski definition) is 2. The van der Waals surface area contributed by atoms with Crippen molar-refractivity contribution >= 4 is 40.8 Å². The van der Waals surface area contributed by atoms with Crippen LogP contribution in [0, 0.1) is 0 Å². The van der Waals surface area contributed by atoms with E-state index in [-0.39, 0.29) is 15.7 Å². The lowest BCUT2D eigenvalue weighted by Crippen LogP contribution is -2.27. The van der Waals surface area contributed by atoms with E-state index in [0.29, 0.717) is 5.56 Å². The zero-order valence-electron chi connectivity index (χ0n) is 10.7. The molecule has 2 N–H and O–H groups in total. The smallest absolute Gasteiger partial charge is 0.320 e. The Morgan fingerprint density at radius 2 is 1.67 bits per heavy atom. The van der Waals surface area contributed by atoms with Gasteiger partial charge in [0, 0.05) is 0 Å². The van der Waals surface area contributed by atoms with Gasteiger partial charge in [-0.15, -0.1) is 0 Å². The second-order valence-electron chi connectivity index (χ2n) is 4.27. The van der Waals surface area contributed by atoms with Crippen molar-refractivity contribution in [3.05, 3.63) is 64.1 Å². The van der Waals surface area contributed by atoms with Crippen LogP contribution in [0.5, 0.6) is 0 Å². The van der Waals surface area contributed by atoms with Crippen molar-refractivity contribution in [1.82, 2.24) is 0 Å². The van der Waals surface area contributed by atoms with E-state index >= 15 is 0 Å². The van der Waals surface area contributed by atoms with Gasteiger partial charge in [0.1, 0.15) is 0 Å². The van der Waals surface area contributed by atoms with Gasteiger partial charge < -0.3 is 10.4 Å². The summed E-state index contributed by atoms with van der Waals surface area (Å²) in [7, 11) is 0. The molecule has 0 bridgehead atoms. The second-order valence-corrected chi connectivity index (χ2v) is 5.06. The number of amides is 1. The first-order valence-electron chi connectivity index (χ1n) is 6.03. The number of carbonyl (C=O) groups excluding carboxylic acids is 1. The van der Waals surface area contributed by atoms with Gasteiger partial charge in [-0.3, -0.25) is 9.59 Å².